The van der Waals surface area contributed by atoms with Gasteiger partial charge in [-0.2, -0.15) is 0 Å². The Balaban J connectivity index is 1.41. The van der Waals surface area contributed by atoms with Gasteiger partial charge in [-0.1, -0.05) is 12.1 Å². The number of methoxy groups -OCH3 is 1. The Kier molecular flexibility index (Phi) is 4.79. The Bertz CT molecular complexity index is 1150. The second kappa shape index (κ2) is 7.58. The lowest BCUT2D eigenvalue weighted by Crippen LogP contribution is -2.66. The van der Waals surface area contributed by atoms with Gasteiger partial charge >= 0.3 is 0 Å². The van der Waals surface area contributed by atoms with Crippen LogP contribution in [0.4, 0.5) is 4.39 Å². The Hall–Kier alpha value is -2.41. The van der Waals surface area contributed by atoms with E-state index in [9.17, 15) is 9.50 Å². The minimum Gasteiger partial charge on any atom is -0.497 e. The normalized spacial score (nSPS) is 22.8. The summed E-state index contributed by atoms with van der Waals surface area (Å²) in [5, 5.41) is 11.7. The van der Waals surface area contributed by atoms with E-state index in [1.807, 2.05) is 18.2 Å². The summed E-state index contributed by atoms with van der Waals surface area (Å²) < 4.78 is 19.3. The molecule has 5 nitrogen and oxygen atoms in total. The Morgan fingerprint density at radius 3 is 2.72 bits per heavy atom. The smallest absolute Gasteiger partial charge is 0.123 e. The number of aliphatic hydroxyl groups excluding tert-OH is 1. The number of H-pyrrole nitrogens is 1. The largest absolute Gasteiger partial charge is 0.497 e. The zero-order chi connectivity index (χ0) is 21.9. The van der Waals surface area contributed by atoms with E-state index >= 15 is 0 Å². The molecule has 2 fully saturated rings. The first-order valence-electron chi connectivity index (χ1n) is 11.6. The Labute approximate surface area is 187 Å². The van der Waals surface area contributed by atoms with Crippen LogP contribution in [0.1, 0.15) is 35.7 Å². The van der Waals surface area contributed by atoms with Crippen LogP contribution in [-0.2, 0) is 12.0 Å². The van der Waals surface area contributed by atoms with Gasteiger partial charge in [-0.3, -0.25) is 4.90 Å². The van der Waals surface area contributed by atoms with Crippen molar-refractivity contribution in [3.63, 3.8) is 0 Å². The van der Waals surface area contributed by atoms with E-state index in [2.05, 4.69) is 20.9 Å². The molecule has 6 heteroatoms. The van der Waals surface area contributed by atoms with E-state index in [1.165, 1.54) is 36.4 Å². The van der Waals surface area contributed by atoms with Crippen LogP contribution in [0, 0.1) is 11.7 Å². The standard InChI is InChI=1S/C26H30FN3O2/c1-32-20-7-8-21-22(10-20)28-25-23(13-31)30(12-18-3-2-4-19(27)9-18)16-26(24(21)25)14-29(15-26)11-17-5-6-17/h2-4,7-10,17,23,28,31H,5-6,11-16H2,1H3/t23-/m1/s1. The van der Waals surface area contributed by atoms with Gasteiger partial charge in [0.05, 0.1) is 19.8 Å². The van der Waals surface area contributed by atoms with E-state index in [0.29, 0.717) is 6.54 Å². The van der Waals surface area contributed by atoms with Gasteiger partial charge in [0.1, 0.15) is 11.6 Å². The molecule has 32 heavy (non-hydrogen) atoms. The van der Waals surface area contributed by atoms with E-state index in [-0.39, 0.29) is 23.9 Å². The second-order valence-corrected chi connectivity index (χ2v) is 9.95. The minimum atomic E-state index is -0.215. The highest BCUT2D eigenvalue weighted by molar-refractivity contribution is 5.88. The van der Waals surface area contributed by atoms with Crippen molar-refractivity contribution < 1.29 is 14.2 Å². The van der Waals surface area contributed by atoms with E-state index in [4.69, 9.17) is 4.74 Å². The highest BCUT2D eigenvalue weighted by Crippen LogP contribution is 2.49. The highest BCUT2D eigenvalue weighted by Gasteiger charge is 2.53. The summed E-state index contributed by atoms with van der Waals surface area (Å²) in [7, 11) is 1.68. The average Bonchev–Trinajstić information content (AvgIpc) is 3.49. The fourth-order valence-corrected chi connectivity index (χ4v) is 6.01. The van der Waals surface area contributed by atoms with Gasteiger partial charge in [0.15, 0.2) is 0 Å². The zero-order valence-electron chi connectivity index (χ0n) is 18.5. The van der Waals surface area contributed by atoms with Gasteiger partial charge in [-0.05, 0) is 54.2 Å². The van der Waals surface area contributed by atoms with Crippen molar-refractivity contribution in [2.75, 3.05) is 39.9 Å². The topological polar surface area (TPSA) is 51.7 Å². The molecule has 168 valence electrons. The third-order valence-electron chi connectivity index (χ3n) is 7.56. The van der Waals surface area contributed by atoms with Gasteiger partial charge in [0, 0.05) is 60.8 Å². The first kappa shape index (κ1) is 20.2. The number of rotatable bonds is 6. The first-order chi connectivity index (χ1) is 15.6. The monoisotopic (exact) mass is 435 g/mol. The molecule has 0 amide bonds. The highest BCUT2D eigenvalue weighted by atomic mass is 19.1. The maximum Gasteiger partial charge on any atom is 0.123 e. The van der Waals surface area contributed by atoms with Crippen LogP contribution in [0.25, 0.3) is 10.9 Å². The quantitative estimate of drug-likeness (QED) is 0.618. The molecule has 1 spiro atoms. The van der Waals surface area contributed by atoms with Crippen LogP contribution < -0.4 is 4.74 Å². The molecule has 2 aromatic carbocycles. The molecular weight excluding hydrogens is 405 g/mol. The third-order valence-corrected chi connectivity index (χ3v) is 7.56. The maximum absolute atomic E-state index is 13.9. The summed E-state index contributed by atoms with van der Waals surface area (Å²) in [5.41, 5.74) is 4.48. The Morgan fingerprint density at radius 1 is 1.16 bits per heavy atom. The van der Waals surface area contributed by atoms with Crippen LogP contribution in [0.2, 0.25) is 0 Å². The molecule has 1 aliphatic carbocycles. The van der Waals surface area contributed by atoms with Gasteiger partial charge < -0.3 is 19.7 Å². The number of benzene rings is 2. The fourth-order valence-electron chi connectivity index (χ4n) is 6.01. The number of aromatic nitrogens is 1. The van der Waals surface area contributed by atoms with Crippen molar-refractivity contribution in [2.24, 2.45) is 5.92 Å². The van der Waals surface area contributed by atoms with Gasteiger partial charge in [-0.15, -0.1) is 0 Å². The number of likely N-dealkylation sites (tertiary alicyclic amines) is 1. The number of nitrogens with zero attached hydrogens (tertiary/aromatic N) is 2. The average molecular weight is 436 g/mol. The molecule has 2 N–H and O–H groups in total. The minimum absolute atomic E-state index is 0.0220. The van der Waals surface area contributed by atoms with Crippen LogP contribution in [0.5, 0.6) is 5.75 Å². The van der Waals surface area contributed by atoms with Crippen LogP contribution in [0.3, 0.4) is 0 Å². The number of hydrogen-bond donors (Lipinski definition) is 2. The van der Waals surface area contributed by atoms with E-state index in [1.54, 1.807) is 19.2 Å². The lowest BCUT2D eigenvalue weighted by Gasteiger charge is -2.56. The molecule has 3 aromatic rings. The molecule has 6 rings (SSSR count). The second-order valence-electron chi connectivity index (χ2n) is 9.95. The van der Waals surface area contributed by atoms with Gasteiger partial charge in [0.2, 0.25) is 0 Å². The number of ether oxygens (including phenoxy) is 1. The van der Waals surface area contributed by atoms with Crippen LogP contribution in [0.15, 0.2) is 42.5 Å². The van der Waals surface area contributed by atoms with Crippen molar-refractivity contribution in [2.45, 2.75) is 30.8 Å². The van der Waals surface area contributed by atoms with Crippen LogP contribution in [-0.4, -0.2) is 59.8 Å². The predicted octanol–water partition coefficient (Wildman–Crippen LogP) is 3.83. The molecule has 1 saturated heterocycles. The number of aliphatic hydroxyl groups is 1. The van der Waals surface area contributed by atoms with Crippen molar-refractivity contribution in [3.8, 4) is 5.75 Å². The summed E-state index contributed by atoms with van der Waals surface area (Å²) >= 11 is 0. The molecule has 3 heterocycles. The van der Waals surface area contributed by atoms with Crippen LogP contribution >= 0.6 is 0 Å². The molecule has 1 atom stereocenters. The van der Waals surface area contributed by atoms with Gasteiger partial charge in [-0.25, -0.2) is 4.39 Å². The molecule has 2 aliphatic heterocycles. The maximum atomic E-state index is 13.9. The molecular formula is C26H30FN3O2. The molecule has 3 aliphatic rings. The summed E-state index contributed by atoms with van der Waals surface area (Å²) in [6.07, 6.45) is 2.72. The number of hydrogen-bond acceptors (Lipinski definition) is 4. The summed E-state index contributed by atoms with van der Waals surface area (Å²) in [6, 6.07) is 12.9. The molecule has 0 bridgehead atoms. The van der Waals surface area contributed by atoms with E-state index < -0.39 is 0 Å². The number of nitrogens with one attached hydrogen (secondary N) is 1. The van der Waals surface area contributed by atoms with Crippen molar-refractivity contribution in [1.29, 1.82) is 0 Å². The SMILES string of the molecule is COc1ccc2c3c([nH]c2c1)[C@@H](CO)N(Cc1cccc(F)c1)CC31CN(CC2CC2)C1. The first-order valence-corrected chi connectivity index (χ1v) is 11.6. The number of fused-ring (bicyclic) bond motifs is 4. The van der Waals surface area contributed by atoms with Crippen molar-refractivity contribution in [3.05, 3.63) is 65.1 Å². The van der Waals surface area contributed by atoms with Gasteiger partial charge in [0.25, 0.3) is 0 Å². The summed E-state index contributed by atoms with van der Waals surface area (Å²) in [6.45, 7) is 4.77. The third kappa shape index (κ3) is 3.33. The lowest BCUT2D eigenvalue weighted by atomic mass is 9.68. The summed E-state index contributed by atoms with van der Waals surface area (Å²) in [4.78, 5) is 8.55. The van der Waals surface area contributed by atoms with Crippen molar-refractivity contribution >= 4 is 10.9 Å². The Morgan fingerprint density at radius 2 is 2.00 bits per heavy atom. The van der Waals surface area contributed by atoms with Crippen molar-refractivity contribution in [1.82, 2.24) is 14.8 Å². The lowest BCUT2D eigenvalue weighted by molar-refractivity contribution is -0.00989. The molecule has 0 radical (unpaired) electrons. The zero-order valence-corrected chi connectivity index (χ0v) is 18.5. The predicted molar refractivity (Wildman–Crippen MR) is 122 cm³/mol. The molecule has 1 saturated carbocycles. The molecule has 0 unspecified atom stereocenters. The fraction of sp³-hybridized carbons (Fsp3) is 0.462. The number of aromatic amines is 1. The molecule has 1 aromatic heterocycles. The summed E-state index contributed by atoms with van der Waals surface area (Å²) in [5.74, 6) is 1.48. The number of halogens is 1. The van der Waals surface area contributed by atoms with E-state index in [0.717, 1.165) is 48.1 Å².